The van der Waals surface area contributed by atoms with Crippen molar-refractivity contribution in [1.82, 2.24) is 5.32 Å². The molecular formula is C24H26Br2N2O5. The van der Waals surface area contributed by atoms with Gasteiger partial charge in [0.2, 0.25) is 5.91 Å². The first-order valence-electron chi connectivity index (χ1n) is 10.5. The van der Waals surface area contributed by atoms with Crippen molar-refractivity contribution in [2.45, 2.75) is 43.7 Å². The zero-order valence-electron chi connectivity index (χ0n) is 18.2. The molecule has 9 heteroatoms. The number of nitrogens with two attached hydrogens (primary N) is 1. The van der Waals surface area contributed by atoms with Gasteiger partial charge < -0.3 is 21.3 Å². The number of fused-ring (bicyclic) bond motifs is 2. The maximum Gasteiger partial charge on any atom is 0.217 e. The number of aliphatic hydroxyl groups is 2. The molecule has 1 amide bonds. The number of hydrogen-bond acceptors (Lipinski definition) is 6. The van der Waals surface area contributed by atoms with E-state index < -0.39 is 11.1 Å². The predicted octanol–water partition coefficient (Wildman–Crippen LogP) is 2.71. The van der Waals surface area contributed by atoms with Crippen LogP contribution in [-0.4, -0.2) is 52.0 Å². The molecule has 7 nitrogen and oxygen atoms in total. The Morgan fingerprint density at radius 2 is 1.45 bits per heavy atom. The number of rotatable bonds is 3. The summed E-state index contributed by atoms with van der Waals surface area (Å²) < 4.78 is 1.83. The number of Topliss-reactive ketones (excluding diaryl/α,β-unsaturated/α-hetero) is 2. The summed E-state index contributed by atoms with van der Waals surface area (Å²) in [7, 11) is 0. The predicted molar refractivity (Wildman–Crippen MR) is 131 cm³/mol. The second-order valence-electron chi connectivity index (χ2n) is 8.43. The van der Waals surface area contributed by atoms with Gasteiger partial charge in [0.25, 0.3) is 0 Å². The largest absolute Gasteiger partial charge is 0.394 e. The second kappa shape index (κ2) is 10.1. The molecule has 0 heterocycles. The van der Waals surface area contributed by atoms with Gasteiger partial charge in [-0.2, -0.15) is 0 Å². The van der Waals surface area contributed by atoms with Crippen LogP contribution < -0.4 is 11.1 Å². The third-order valence-corrected chi connectivity index (χ3v) is 7.69. The summed E-state index contributed by atoms with van der Waals surface area (Å²) in [5.74, 6) is -0.689. The lowest BCUT2D eigenvalue weighted by molar-refractivity contribution is -0.121. The van der Waals surface area contributed by atoms with E-state index in [2.05, 4.69) is 37.2 Å². The lowest BCUT2D eigenvalue weighted by Gasteiger charge is -2.35. The van der Waals surface area contributed by atoms with Crippen molar-refractivity contribution in [2.24, 2.45) is 5.73 Å². The highest BCUT2D eigenvalue weighted by atomic mass is 79.9. The average molecular weight is 582 g/mol. The van der Waals surface area contributed by atoms with Crippen molar-refractivity contribution < 1.29 is 24.6 Å². The lowest BCUT2D eigenvalue weighted by atomic mass is 9.77. The van der Waals surface area contributed by atoms with Crippen LogP contribution in [0.4, 0.5) is 0 Å². The minimum atomic E-state index is -1.17. The molecule has 0 radical (unpaired) electrons. The Bertz CT molecular complexity index is 1110. The molecule has 2 aliphatic carbocycles. The Morgan fingerprint density at radius 3 is 1.94 bits per heavy atom. The Hall–Kier alpha value is -1.91. The molecule has 5 N–H and O–H groups in total. The Morgan fingerprint density at radius 1 is 0.939 bits per heavy atom. The highest BCUT2D eigenvalue weighted by Gasteiger charge is 2.43. The maximum absolute atomic E-state index is 12.5. The van der Waals surface area contributed by atoms with Gasteiger partial charge in [-0.05, 0) is 48.9 Å². The molecule has 0 spiro atoms. The van der Waals surface area contributed by atoms with E-state index in [1.807, 2.05) is 18.2 Å². The molecule has 0 aliphatic heterocycles. The highest BCUT2D eigenvalue weighted by molar-refractivity contribution is 9.10. The fourth-order valence-corrected chi connectivity index (χ4v) is 5.42. The molecule has 0 aromatic heterocycles. The van der Waals surface area contributed by atoms with Gasteiger partial charge in [-0.3, -0.25) is 14.4 Å². The number of hydrogen-bond donors (Lipinski definition) is 4. The van der Waals surface area contributed by atoms with E-state index in [9.17, 15) is 19.5 Å². The normalized spacial score (nSPS) is 23.7. The van der Waals surface area contributed by atoms with Gasteiger partial charge in [-0.15, -0.1) is 0 Å². The van der Waals surface area contributed by atoms with Crippen molar-refractivity contribution >= 4 is 49.3 Å². The number of carbonyl (C=O) groups excluding carboxylic acids is 3. The summed E-state index contributed by atoms with van der Waals surface area (Å²) >= 11 is 6.83. The van der Waals surface area contributed by atoms with Crippen molar-refractivity contribution in [1.29, 1.82) is 0 Å². The van der Waals surface area contributed by atoms with E-state index in [1.54, 1.807) is 18.2 Å². The maximum atomic E-state index is 12.5. The molecule has 0 fully saturated rings. The molecule has 0 saturated carbocycles. The van der Waals surface area contributed by atoms with Crippen LogP contribution in [0.15, 0.2) is 45.3 Å². The van der Waals surface area contributed by atoms with Gasteiger partial charge in [-0.25, -0.2) is 0 Å². The molecule has 2 unspecified atom stereocenters. The third-order valence-electron chi connectivity index (χ3n) is 6.20. The smallest absolute Gasteiger partial charge is 0.217 e. The Kier molecular flexibility index (Phi) is 7.91. The summed E-state index contributed by atoms with van der Waals surface area (Å²) in [6.45, 7) is 0.677. The van der Waals surface area contributed by atoms with Crippen LogP contribution in [0.3, 0.4) is 0 Å². The van der Waals surface area contributed by atoms with Crippen molar-refractivity contribution in [3.63, 3.8) is 0 Å². The van der Waals surface area contributed by atoms with E-state index in [1.165, 1.54) is 6.92 Å². The molecule has 176 valence electrons. The minimum Gasteiger partial charge on any atom is -0.394 e. The summed E-state index contributed by atoms with van der Waals surface area (Å²) in [5, 5.41) is 21.3. The van der Waals surface area contributed by atoms with Crippen molar-refractivity contribution in [3.8, 4) is 0 Å². The molecule has 2 aromatic rings. The van der Waals surface area contributed by atoms with Crippen LogP contribution in [0.25, 0.3) is 0 Å². The van der Waals surface area contributed by atoms with Gasteiger partial charge in [0, 0.05) is 27.0 Å². The molecule has 0 saturated heterocycles. The quantitative estimate of drug-likeness (QED) is 0.441. The van der Waals surface area contributed by atoms with Gasteiger partial charge >= 0.3 is 0 Å². The number of nitrogens with one attached hydrogen (secondary N) is 1. The first kappa shape index (κ1) is 25.7. The van der Waals surface area contributed by atoms with Crippen molar-refractivity contribution in [3.05, 3.63) is 67.6 Å². The topological polar surface area (TPSA) is 130 Å². The summed E-state index contributed by atoms with van der Waals surface area (Å²) in [6, 6.07) is 10.9. The minimum absolute atomic E-state index is 0.160. The molecular weight excluding hydrogens is 556 g/mol. The van der Waals surface area contributed by atoms with Crippen molar-refractivity contribution in [2.75, 3.05) is 13.2 Å². The van der Waals surface area contributed by atoms with Crippen LogP contribution in [0.1, 0.15) is 51.6 Å². The number of carbonyl (C=O) groups is 3. The van der Waals surface area contributed by atoms with Gasteiger partial charge in [0.05, 0.1) is 13.2 Å². The van der Waals surface area contributed by atoms with E-state index in [-0.39, 0.29) is 30.7 Å². The fraction of sp³-hybridized carbons (Fsp3) is 0.375. The number of amides is 1. The molecule has 2 aromatic carbocycles. The average Bonchev–Trinajstić information content (AvgIpc) is 2.79. The zero-order valence-corrected chi connectivity index (χ0v) is 21.3. The molecule has 0 bridgehead atoms. The number of ketones is 2. The second-order valence-corrected chi connectivity index (χ2v) is 10.1. The Balaban J connectivity index is 0.000000189. The monoisotopic (exact) mass is 580 g/mol. The fourth-order valence-electron chi connectivity index (χ4n) is 4.29. The lowest BCUT2D eigenvalue weighted by Crippen LogP contribution is -2.58. The number of aliphatic hydroxyl groups excluding tert-OH is 2. The van der Waals surface area contributed by atoms with Gasteiger partial charge in [-0.1, -0.05) is 56.1 Å². The van der Waals surface area contributed by atoms with Crippen LogP contribution in [-0.2, 0) is 17.6 Å². The SMILES string of the molecule is CC(=O)NC1(CO)CCc2c(Br)cccc2C1=O.NC1(CO)CCc2c(Br)cccc2C1=O. The molecule has 2 aliphatic rings. The van der Waals surface area contributed by atoms with Gasteiger partial charge in [0.1, 0.15) is 11.1 Å². The summed E-state index contributed by atoms with van der Waals surface area (Å²) in [5.41, 5.74) is 6.73. The van der Waals surface area contributed by atoms with Crippen LogP contribution >= 0.6 is 31.9 Å². The summed E-state index contributed by atoms with van der Waals surface area (Å²) in [6.07, 6.45) is 2.28. The first-order valence-corrected chi connectivity index (χ1v) is 12.1. The standard InChI is InChI=1S/C13H14BrNO3.C11H12BrNO2/c1-8(17)15-13(7-16)6-5-9-10(12(13)18)3-2-4-11(9)14;12-9-3-1-2-8-7(9)4-5-11(13,6-14)10(8)15/h2-4,16H,5-7H2,1H3,(H,15,17);1-3,14H,4-6,13H2. The number of halogens is 2. The Labute approximate surface area is 209 Å². The van der Waals surface area contributed by atoms with Gasteiger partial charge in [0.15, 0.2) is 11.6 Å². The van der Waals surface area contributed by atoms with E-state index in [4.69, 9.17) is 10.8 Å². The third kappa shape index (κ3) is 4.97. The van der Waals surface area contributed by atoms with Crippen LogP contribution in [0, 0.1) is 0 Å². The molecule has 2 atom stereocenters. The molecule has 33 heavy (non-hydrogen) atoms. The molecule has 4 rings (SSSR count). The van der Waals surface area contributed by atoms with Crippen LogP contribution in [0.5, 0.6) is 0 Å². The first-order chi connectivity index (χ1) is 15.6. The number of benzene rings is 2. The van der Waals surface area contributed by atoms with E-state index in [0.717, 1.165) is 26.5 Å². The van der Waals surface area contributed by atoms with E-state index in [0.29, 0.717) is 30.4 Å². The highest BCUT2D eigenvalue weighted by Crippen LogP contribution is 2.33. The van der Waals surface area contributed by atoms with Crippen LogP contribution in [0.2, 0.25) is 0 Å². The van der Waals surface area contributed by atoms with E-state index >= 15 is 0 Å². The summed E-state index contributed by atoms with van der Waals surface area (Å²) in [4.78, 5) is 35.7. The zero-order chi connectivity index (χ0) is 24.4.